The molecule has 130 valence electrons. The van der Waals surface area contributed by atoms with Crippen molar-refractivity contribution in [3.8, 4) is 5.75 Å². The fourth-order valence-corrected chi connectivity index (χ4v) is 2.70. The van der Waals surface area contributed by atoms with E-state index in [0.717, 1.165) is 16.9 Å². The van der Waals surface area contributed by atoms with Gasteiger partial charge in [-0.3, -0.25) is 10.1 Å². The van der Waals surface area contributed by atoms with Gasteiger partial charge >= 0.3 is 5.69 Å². The molecule has 0 aliphatic heterocycles. The molecule has 2 rings (SSSR count). The molecule has 1 heterocycles. The van der Waals surface area contributed by atoms with Gasteiger partial charge in [-0.05, 0) is 38.5 Å². The predicted molar refractivity (Wildman–Crippen MR) is 89.1 cm³/mol. The van der Waals surface area contributed by atoms with Crippen molar-refractivity contribution in [1.82, 2.24) is 5.32 Å². The Kier molecular flexibility index (Phi) is 5.26. The van der Waals surface area contributed by atoms with E-state index < -0.39 is 10.5 Å². The summed E-state index contributed by atoms with van der Waals surface area (Å²) in [5.41, 5.74) is 0.289. The molecule has 0 radical (unpaired) electrons. The van der Waals surface area contributed by atoms with Gasteiger partial charge in [0.15, 0.2) is 5.75 Å². The molecular weight excluding hydrogens is 312 g/mol. The van der Waals surface area contributed by atoms with E-state index in [4.69, 9.17) is 9.15 Å². The number of nitro benzene ring substituents is 1. The summed E-state index contributed by atoms with van der Waals surface area (Å²) < 4.78 is 10.4. The SMILES string of the molecule is COc1ccc(CNCC(C)(O)c2cc(C)oc2C)cc1[N+](=O)[O-]. The third-order valence-corrected chi connectivity index (χ3v) is 3.86. The van der Waals surface area contributed by atoms with Gasteiger partial charge < -0.3 is 19.6 Å². The van der Waals surface area contributed by atoms with E-state index in [0.29, 0.717) is 12.3 Å². The van der Waals surface area contributed by atoms with Crippen molar-refractivity contribution in [1.29, 1.82) is 0 Å². The highest BCUT2D eigenvalue weighted by atomic mass is 16.6. The summed E-state index contributed by atoms with van der Waals surface area (Å²) in [5, 5.41) is 24.8. The van der Waals surface area contributed by atoms with Crippen LogP contribution in [0.1, 0.15) is 29.6 Å². The van der Waals surface area contributed by atoms with Crippen molar-refractivity contribution in [2.75, 3.05) is 13.7 Å². The standard InChI is InChI=1S/C17H22N2O5/c1-11-7-14(12(2)24-11)17(3,20)10-18-9-13-5-6-16(23-4)15(8-13)19(21)22/h5-8,18,20H,9-10H2,1-4H3. The van der Waals surface area contributed by atoms with Gasteiger partial charge in [-0.1, -0.05) is 6.07 Å². The maximum Gasteiger partial charge on any atom is 0.311 e. The first-order chi connectivity index (χ1) is 11.2. The number of hydrogen-bond donors (Lipinski definition) is 2. The number of rotatable bonds is 7. The largest absolute Gasteiger partial charge is 0.490 e. The number of aliphatic hydroxyl groups is 1. The Bertz CT molecular complexity index is 737. The van der Waals surface area contributed by atoms with Crippen LogP contribution in [0.2, 0.25) is 0 Å². The minimum Gasteiger partial charge on any atom is -0.490 e. The molecule has 7 nitrogen and oxygen atoms in total. The number of ether oxygens (including phenoxy) is 1. The van der Waals surface area contributed by atoms with Crippen LogP contribution in [-0.4, -0.2) is 23.7 Å². The molecule has 0 saturated carbocycles. The van der Waals surface area contributed by atoms with Gasteiger partial charge in [0.25, 0.3) is 0 Å². The Balaban J connectivity index is 2.05. The second-order valence-electron chi connectivity index (χ2n) is 5.97. The second-order valence-corrected chi connectivity index (χ2v) is 5.97. The van der Waals surface area contributed by atoms with Crippen molar-refractivity contribution in [3.05, 3.63) is 57.0 Å². The highest BCUT2D eigenvalue weighted by Crippen LogP contribution is 2.28. The van der Waals surface area contributed by atoms with Crippen LogP contribution in [0.3, 0.4) is 0 Å². The van der Waals surface area contributed by atoms with Gasteiger partial charge in [-0.2, -0.15) is 0 Å². The van der Waals surface area contributed by atoms with E-state index in [1.807, 2.05) is 19.9 Å². The number of nitro groups is 1. The minimum absolute atomic E-state index is 0.0788. The number of benzene rings is 1. The zero-order chi connectivity index (χ0) is 17.9. The lowest BCUT2D eigenvalue weighted by atomic mass is 9.96. The Morgan fingerprint density at radius 1 is 1.38 bits per heavy atom. The van der Waals surface area contributed by atoms with Gasteiger partial charge in [-0.25, -0.2) is 0 Å². The topological polar surface area (TPSA) is 97.8 Å². The van der Waals surface area contributed by atoms with Gasteiger partial charge in [-0.15, -0.1) is 0 Å². The summed E-state index contributed by atoms with van der Waals surface area (Å²) in [6.45, 7) is 6.01. The van der Waals surface area contributed by atoms with E-state index in [9.17, 15) is 15.2 Å². The van der Waals surface area contributed by atoms with Crippen LogP contribution in [0.5, 0.6) is 5.75 Å². The molecule has 1 atom stereocenters. The van der Waals surface area contributed by atoms with Crippen molar-refractivity contribution >= 4 is 5.69 Å². The van der Waals surface area contributed by atoms with Crippen molar-refractivity contribution in [2.24, 2.45) is 0 Å². The Labute approximate surface area is 140 Å². The molecule has 0 aliphatic carbocycles. The summed E-state index contributed by atoms with van der Waals surface area (Å²) in [5.74, 6) is 1.65. The monoisotopic (exact) mass is 334 g/mol. The van der Waals surface area contributed by atoms with Crippen LogP contribution in [0.25, 0.3) is 0 Å². The third kappa shape index (κ3) is 3.93. The van der Waals surface area contributed by atoms with E-state index in [1.165, 1.54) is 13.2 Å². The smallest absolute Gasteiger partial charge is 0.311 e. The lowest BCUT2D eigenvalue weighted by Gasteiger charge is -2.23. The molecule has 7 heteroatoms. The molecule has 24 heavy (non-hydrogen) atoms. The summed E-state index contributed by atoms with van der Waals surface area (Å²) in [7, 11) is 1.40. The fourth-order valence-electron chi connectivity index (χ4n) is 2.70. The van der Waals surface area contributed by atoms with E-state index in [-0.39, 0.29) is 18.0 Å². The molecule has 2 aromatic rings. The summed E-state index contributed by atoms with van der Waals surface area (Å²) >= 11 is 0. The zero-order valence-electron chi connectivity index (χ0n) is 14.3. The average Bonchev–Trinajstić information content (AvgIpc) is 2.86. The van der Waals surface area contributed by atoms with Crippen molar-refractivity contribution in [2.45, 2.75) is 32.9 Å². The normalized spacial score (nSPS) is 13.5. The lowest BCUT2D eigenvalue weighted by molar-refractivity contribution is -0.385. The second kappa shape index (κ2) is 7.02. The molecule has 0 saturated heterocycles. The Morgan fingerprint density at radius 3 is 2.62 bits per heavy atom. The summed E-state index contributed by atoms with van der Waals surface area (Å²) in [6.07, 6.45) is 0. The first kappa shape index (κ1) is 18.0. The average molecular weight is 334 g/mol. The highest BCUT2D eigenvalue weighted by molar-refractivity contribution is 5.48. The molecule has 2 N–H and O–H groups in total. The molecule has 1 aromatic heterocycles. The molecule has 1 unspecified atom stereocenters. The number of nitrogens with one attached hydrogen (secondary N) is 1. The minimum atomic E-state index is -1.10. The maximum absolute atomic E-state index is 11.0. The van der Waals surface area contributed by atoms with Crippen LogP contribution in [0, 0.1) is 24.0 Å². The quantitative estimate of drug-likeness (QED) is 0.597. The van der Waals surface area contributed by atoms with Gasteiger partial charge in [0.1, 0.15) is 17.1 Å². The first-order valence-electron chi connectivity index (χ1n) is 7.56. The molecular formula is C17H22N2O5. The molecule has 0 amide bonds. The van der Waals surface area contributed by atoms with Crippen LogP contribution >= 0.6 is 0 Å². The Morgan fingerprint density at radius 2 is 2.08 bits per heavy atom. The fraction of sp³-hybridized carbons (Fsp3) is 0.412. The molecule has 0 spiro atoms. The van der Waals surface area contributed by atoms with Crippen LogP contribution in [0.4, 0.5) is 5.69 Å². The van der Waals surface area contributed by atoms with Crippen LogP contribution < -0.4 is 10.1 Å². The number of methoxy groups -OCH3 is 1. The molecule has 1 aromatic carbocycles. The summed E-state index contributed by atoms with van der Waals surface area (Å²) in [6, 6.07) is 6.60. The van der Waals surface area contributed by atoms with Crippen LogP contribution in [-0.2, 0) is 12.1 Å². The molecule has 0 aliphatic rings. The van der Waals surface area contributed by atoms with E-state index in [2.05, 4.69) is 5.32 Å². The number of nitrogens with zero attached hydrogens (tertiary/aromatic N) is 1. The van der Waals surface area contributed by atoms with E-state index >= 15 is 0 Å². The summed E-state index contributed by atoms with van der Waals surface area (Å²) in [4.78, 5) is 10.6. The highest BCUT2D eigenvalue weighted by Gasteiger charge is 2.27. The van der Waals surface area contributed by atoms with Crippen molar-refractivity contribution < 1.29 is 19.2 Å². The number of aryl methyl sites for hydroxylation is 2. The molecule has 0 fully saturated rings. The number of furan rings is 1. The number of hydrogen-bond acceptors (Lipinski definition) is 6. The van der Waals surface area contributed by atoms with Crippen LogP contribution in [0.15, 0.2) is 28.7 Å². The maximum atomic E-state index is 11.0. The lowest BCUT2D eigenvalue weighted by Crippen LogP contribution is -2.35. The van der Waals surface area contributed by atoms with Gasteiger partial charge in [0.2, 0.25) is 0 Å². The van der Waals surface area contributed by atoms with Gasteiger partial charge in [0.05, 0.1) is 12.0 Å². The molecule has 0 bridgehead atoms. The third-order valence-electron chi connectivity index (χ3n) is 3.86. The van der Waals surface area contributed by atoms with E-state index in [1.54, 1.807) is 19.1 Å². The van der Waals surface area contributed by atoms with Gasteiger partial charge in [0, 0.05) is 24.7 Å². The van der Waals surface area contributed by atoms with Crippen molar-refractivity contribution in [3.63, 3.8) is 0 Å². The predicted octanol–water partition coefficient (Wildman–Crippen LogP) is 2.81. The first-order valence-corrected chi connectivity index (χ1v) is 7.56. The zero-order valence-corrected chi connectivity index (χ0v) is 14.3. The Hall–Kier alpha value is -2.38.